The van der Waals surface area contributed by atoms with Crippen LogP contribution in [0.1, 0.15) is 57.8 Å². The molecule has 0 saturated heterocycles. The molecule has 1 saturated carbocycles. The average Bonchev–Trinajstić information content (AvgIpc) is 2.94. The van der Waals surface area contributed by atoms with Crippen LogP contribution < -0.4 is 0 Å². The lowest BCUT2D eigenvalue weighted by atomic mass is 9.94. The predicted octanol–water partition coefficient (Wildman–Crippen LogP) is 3.08. The zero-order valence-corrected chi connectivity index (χ0v) is 13.3. The first-order valence-electron chi connectivity index (χ1n) is 7.29. The van der Waals surface area contributed by atoms with Crippen LogP contribution in [0, 0.1) is 0 Å². The van der Waals surface area contributed by atoms with Crippen molar-refractivity contribution >= 4 is 17.7 Å². The van der Waals surface area contributed by atoms with Crippen LogP contribution in [0.4, 0.5) is 0 Å². The van der Waals surface area contributed by atoms with E-state index in [2.05, 4.69) is 10.2 Å². The summed E-state index contributed by atoms with van der Waals surface area (Å²) in [6, 6.07) is 0.408. The molecular weight excluding hydrogens is 274 g/mol. The molecule has 112 valence electrons. The lowest BCUT2D eigenvalue weighted by molar-refractivity contribution is -0.129. The highest BCUT2D eigenvalue weighted by Gasteiger charge is 2.22. The van der Waals surface area contributed by atoms with Crippen LogP contribution in [0.3, 0.4) is 0 Å². The monoisotopic (exact) mass is 297 g/mol. The highest BCUT2D eigenvalue weighted by Crippen LogP contribution is 2.24. The molecule has 1 fully saturated rings. The van der Waals surface area contributed by atoms with Crippen LogP contribution in [0.2, 0.25) is 0 Å². The first-order valence-corrected chi connectivity index (χ1v) is 8.28. The van der Waals surface area contributed by atoms with Crippen LogP contribution in [0.25, 0.3) is 0 Å². The van der Waals surface area contributed by atoms with Gasteiger partial charge in [-0.1, -0.05) is 44.9 Å². The molecular formula is C14H23N3O2S. The summed E-state index contributed by atoms with van der Waals surface area (Å²) in [6.45, 7) is 4.01. The molecule has 1 aliphatic rings. The molecule has 0 aliphatic heterocycles. The van der Waals surface area contributed by atoms with Gasteiger partial charge in [-0.2, -0.15) is 0 Å². The Hall–Kier alpha value is -1.04. The van der Waals surface area contributed by atoms with Gasteiger partial charge in [-0.15, -0.1) is 10.2 Å². The molecule has 1 aliphatic carbocycles. The predicted molar refractivity (Wildman–Crippen MR) is 78.8 cm³/mol. The van der Waals surface area contributed by atoms with Gasteiger partial charge in [0, 0.05) is 19.0 Å². The number of hydrogen-bond acceptors (Lipinski definition) is 5. The lowest BCUT2D eigenvalue weighted by Crippen LogP contribution is -2.39. The summed E-state index contributed by atoms with van der Waals surface area (Å²) in [5.41, 5.74) is 0. The van der Waals surface area contributed by atoms with E-state index >= 15 is 0 Å². The van der Waals surface area contributed by atoms with Gasteiger partial charge in [0.15, 0.2) is 0 Å². The van der Waals surface area contributed by atoms with Gasteiger partial charge in [0.2, 0.25) is 11.8 Å². The molecule has 5 nitrogen and oxygen atoms in total. The Kier molecular flexibility index (Phi) is 5.46. The van der Waals surface area contributed by atoms with E-state index in [0.29, 0.717) is 22.9 Å². The van der Waals surface area contributed by atoms with E-state index in [1.54, 1.807) is 0 Å². The Morgan fingerprint density at radius 1 is 1.35 bits per heavy atom. The summed E-state index contributed by atoms with van der Waals surface area (Å²) in [5.74, 6) is 1.36. The number of nitrogens with zero attached hydrogens (tertiary/aromatic N) is 3. The van der Waals surface area contributed by atoms with Crippen molar-refractivity contribution in [1.29, 1.82) is 0 Å². The minimum atomic E-state index is 0.145. The number of aromatic nitrogens is 2. The van der Waals surface area contributed by atoms with Crippen molar-refractivity contribution in [3.63, 3.8) is 0 Å². The molecule has 1 heterocycles. The van der Waals surface area contributed by atoms with E-state index < -0.39 is 0 Å². The molecule has 0 unspecified atom stereocenters. The molecule has 2 rings (SSSR count). The number of hydrogen-bond donors (Lipinski definition) is 0. The lowest BCUT2D eigenvalue weighted by Gasteiger charge is -2.31. The van der Waals surface area contributed by atoms with E-state index in [1.807, 2.05) is 25.8 Å². The normalized spacial score (nSPS) is 16.6. The Labute approximate surface area is 124 Å². The molecule has 1 aromatic rings. The largest absolute Gasteiger partial charge is 0.416 e. The third-order valence-electron chi connectivity index (χ3n) is 3.75. The maximum atomic E-state index is 12.2. The highest BCUT2D eigenvalue weighted by molar-refractivity contribution is 7.99. The molecule has 6 heteroatoms. The smallest absolute Gasteiger partial charge is 0.277 e. The van der Waals surface area contributed by atoms with Crippen LogP contribution in [0.15, 0.2) is 9.64 Å². The Bertz CT molecular complexity index is 441. The molecule has 0 aromatic carbocycles. The second-order valence-electron chi connectivity index (χ2n) is 5.65. The third-order valence-corrected chi connectivity index (χ3v) is 4.55. The molecule has 0 atom stereocenters. The topological polar surface area (TPSA) is 59.2 Å². The maximum absolute atomic E-state index is 12.2. The first kappa shape index (κ1) is 15.4. The van der Waals surface area contributed by atoms with Crippen LogP contribution in [-0.2, 0) is 4.79 Å². The third kappa shape index (κ3) is 3.98. The van der Waals surface area contributed by atoms with Crippen LogP contribution in [0.5, 0.6) is 0 Å². The molecule has 0 radical (unpaired) electrons. The quantitative estimate of drug-likeness (QED) is 0.782. The van der Waals surface area contributed by atoms with Crippen molar-refractivity contribution in [1.82, 2.24) is 15.1 Å². The fourth-order valence-electron chi connectivity index (χ4n) is 2.41. The van der Waals surface area contributed by atoms with Crippen molar-refractivity contribution < 1.29 is 9.21 Å². The summed E-state index contributed by atoms with van der Waals surface area (Å²) in [4.78, 5) is 14.1. The number of rotatable bonds is 5. The van der Waals surface area contributed by atoms with Crippen molar-refractivity contribution in [2.75, 3.05) is 12.8 Å². The van der Waals surface area contributed by atoms with Gasteiger partial charge in [0.05, 0.1) is 5.75 Å². The van der Waals surface area contributed by atoms with Gasteiger partial charge in [0.25, 0.3) is 5.22 Å². The standard InChI is InChI=1S/C14H23N3O2S/c1-10(2)13-15-16-14(19-13)20-9-12(18)17(3)11-7-5-4-6-8-11/h10-11H,4-9H2,1-3H3. The molecule has 0 spiro atoms. The van der Waals surface area contributed by atoms with E-state index in [-0.39, 0.29) is 11.8 Å². The molecule has 0 bridgehead atoms. The SMILES string of the molecule is CC(C)c1nnc(SCC(=O)N(C)C2CCCCC2)o1. The zero-order chi connectivity index (χ0) is 14.5. The van der Waals surface area contributed by atoms with E-state index in [9.17, 15) is 4.79 Å². The Balaban J connectivity index is 1.81. The van der Waals surface area contributed by atoms with E-state index in [1.165, 1.54) is 31.0 Å². The van der Waals surface area contributed by atoms with Gasteiger partial charge in [-0.05, 0) is 12.8 Å². The Morgan fingerprint density at radius 3 is 2.65 bits per heavy atom. The first-order chi connectivity index (χ1) is 9.58. The second kappa shape index (κ2) is 7.11. The fraction of sp³-hybridized carbons (Fsp3) is 0.786. The van der Waals surface area contributed by atoms with E-state index in [4.69, 9.17) is 4.42 Å². The van der Waals surface area contributed by atoms with Gasteiger partial charge in [-0.3, -0.25) is 4.79 Å². The summed E-state index contributed by atoms with van der Waals surface area (Å²) < 4.78 is 5.49. The Morgan fingerprint density at radius 2 is 2.05 bits per heavy atom. The maximum Gasteiger partial charge on any atom is 0.277 e. The number of carbonyl (C=O) groups excluding carboxylic acids is 1. The summed E-state index contributed by atoms with van der Waals surface area (Å²) in [6.07, 6.45) is 6.02. The zero-order valence-electron chi connectivity index (χ0n) is 12.5. The van der Waals surface area contributed by atoms with Gasteiger partial charge in [0.1, 0.15) is 0 Å². The summed E-state index contributed by atoms with van der Waals surface area (Å²) in [5, 5.41) is 8.41. The molecule has 1 amide bonds. The van der Waals surface area contributed by atoms with Crippen molar-refractivity contribution in [2.24, 2.45) is 0 Å². The van der Waals surface area contributed by atoms with Crippen LogP contribution >= 0.6 is 11.8 Å². The molecule has 20 heavy (non-hydrogen) atoms. The van der Waals surface area contributed by atoms with Gasteiger partial charge in [-0.25, -0.2) is 0 Å². The van der Waals surface area contributed by atoms with Gasteiger partial charge < -0.3 is 9.32 Å². The van der Waals surface area contributed by atoms with Crippen molar-refractivity contribution in [3.8, 4) is 0 Å². The number of amides is 1. The second-order valence-corrected chi connectivity index (χ2v) is 6.57. The number of thioether (sulfide) groups is 1. The average molecular weight is 297 g/mol. The molecule has 1 aromatic heterocycles. The number of carbonyl (C=O) groups is 1. The van der Waals surface area contributed by atoms with Crippen LogP contribution in [-0.4, -0.2) is 39.8 Å². The fourth-order valence-corrected chi connectivity index (χ4v) is 3.10. The minimum absolute atomic E-state index is 0.145. The highest BCUT2D eigenvalue weighted by atomic mass is 32.2. The minimum Gasteiger partial charge on any atom is -0.416 e. The van der Waals surface area contributed by atoms with Crippen molar-refractivity contribution in [2.45, 2.75) is 63.1 Å². The van der Waals surface area contributed by atoms with Gasteiger partial charge >= 0.3 is 0 Å². The summed E-state index contributed by atoms with van der Waals surface area (Å²) >= 11 is 1.33. The molecule has 0 N–H and O–H groups in total. The van der Waals surface area contributed by atoms with Crippen molar-refractivity contribution in [3.05, 3.63) is 5.89 Å². The summed E-state index contributed by atoms with van der Waals surface area (Å²) in [7, 11) is 1.91. The van der Waals surface area contributed by atoms with E-state index in [0.717, 1.165) is 12.8 Å².